The van der Waals surface area contributed by atoms with Crippen molar-refractivity contribution in [2.24, 2.45) is 0 Å². The molecule has 0 saturated carbocycles. The summed E-state index contributed by atoms with van der Waals surface area (Å²) in [5.74, 6) is 0.156. The van der Waals surface area contributed by atoms with Crippen LogP contribution in [0.25, 0.3) is 0 Å². The van der Waals surface area contributed by atoms with E-state index in [0.29, 0.717) is 6.54 Å². The predicted octanol–water partition coefficient (Wildman–Crippen LogP) is 3.12. The lowest BCUT2D eigenvalue weighted by Gasteiger charge is -2.38. The van der Waals surface area contributed by atoms with Crippen LogP contribution in [0.4, 0.5) is 0 Å². The van der Waals surface area contributed by atoms with Crippen molar-refractivity contribution < 1.29 is 4.79 Å². The first-order chi connectivity index (χ1) is 11.3. The fourth-order valence-electron chi connectivity index (χ4n) is 3.29. The molecule has 3 rings (SSSR count). The van der Waals surface area contributed by atoms with Crippen molar-refractivity contribution in [1.29, 1.82) is 0 Å². The number of carbonyl (C=O) groups is 1. The molecule has 0 radical (unpaired) electrons. The van der Waals surface area contributed by atoms with Gasteiger partial charge in [0.2, 0.25) is 5.91 Å². The van der Waals surface area contributed by atoms with Crippen molar-refractivity contribution in [2.45, 2.75) is 45.8 Å². The maximum Gasteiger partial charge on any atom is 0.237 e. The molecule has 1 aromatic heterocycles. The molecule has 4 nitrogen and oxygen atoms in total. The number of benzene rings is 1. The van der Waals surface area contributed by atoms with E-state index in [1.807, 2.05) is 4.90 Å². The fourth-order valence-corrected chi connectivity index (χ4v) is 3.29. The van der Waals surface area contributed by atoms with Gasteiger partial charge in [0.25, 0.3) is 0 Å². The molecule has 0 aliphatic carbocycles. The van der Waals surface area contributed by atoms with Crippen LogP contribution in [0.15, 0.2) is 42.6 Å². The van der Waals surface area contributed by atoms with Gasteiger partial charge in [0.15, 0.2) is 0 Å². The molecule has 24 heavy (non-hydrogen) atoms. The molecule has 128 valence electrons. The second kappa shape index (κ2) is 6.44. The van der Waals surface area contributed by atoms with Crippen molar-refractivity contribution in [3.63, 3.8) is 0 Å². The minimum atomic E-state index is -0.0650. The van der Waals surface area contributed by atoms with Gasteiger partial charge >= 0.3 is 0 Å². The zero-order valence-electron chi connectivity index (χ0n) is 15.0. The van der Waals surface area contributed by atoms with Crippen LogP contribution in [0.5, 0.6) is 0 Å². The lowest BCUT2D eigenvalue weighted by molar-refractivity contribution is -0.133. The standard InChI is InChI=1S/C20H27N3O/c1-15-7-5-8-16(13-15)19-17-9-6-10-22(17)11-12-23(19)18(24)14-21-20(2,3)4/h5-10,13,19,21H,11-12,14H2,1-4H3. The van der Waals surface area contributed by atoms with Crippen LogP contribution in [-0.4, -0.2) is 34.0 Å². The van der Waals surface area contributed by atoms with E-state index < -0.39 is 0 Å². The summed E-state index contributed by atoms with van der Waals surface area (Å²) in [5, 5.41) is 3.32. The molecule has 2 heterocycles. The Hall–Kier alpha value is -2.07. The van der Waals surface area contributed by atoms with E-state index in [2.05, 4.69) is 80.2 Å². The molecule has 1 aromatic carbocycles. The Morgan fingerprint density at radius 3 is 2.71 bits per heavy atom. The first-order valence-corrected chi connectivity index (χ1v) is 8.61. The van der Waals surface area contributed by atoms with Gasteiger partial charge in [-0.05, 0) is 45.4 Å². The second-order valence-electron chi connectivity index (χ2n) is 7.63. The van der Waals surface area contributed by atoms with Gasteiger partial charge in [-0.25, -0.2) is 0 Å². The third-order valence-corrected chi connectivity index (χ3v) is 4.49. The van der Waals surface area contributed by atoms with E-state index in [4.69, 9.17) is 0 Å². The Kier molecular flexibility index (Phi) is 4.50. The quantitative estimate of drug-likeness (QED) is 0.941. The monoisotopic (exact) mass is 325 g/mol. The molecule has 1 N–H and O–H groups in total. The lowest BCUT2D eigenvalue weighted by atomic mass is 9.98. The number of aryl methyl sites for hydroxylation is 1. The summed E-state index contributed by atoms with van der Waals surface area (Å²) in [4.78, 5) is 14.9. The maximum atomic E-state index is 12.9. The minimum absolute atomic E-state index is 0.0112. The fraction of sp³-hybridized carbons (Fsp3) is 0.450. The lowest BCUT2D eigenvalue weighted by Crippen LogP contribution is -2.49. The highest BCUT2D eigenvalue weighted by molar-refractivity contribution is 5.79. The van der Waals surface area contributed by atoms with Gasteiger partial charge in [-0.15, -0.1) is 0 Å². The number of hydrogen-bond donors (Lipinski definition) is 1. The molecule has 0 spiro atoms. The Morgan fingerprint density at radius 1 is 1.21 bits per heavy atom. The molecule has 1 aliphatic heterocycles. The third-order valence-electron chi connectivity index (χ3n) is 4.49. The summed E-state index contributed by atoms with van der Waals surface area (Å²) in [7, 11) is 0. The number of aromatic nitrogens is 1. The number of rotatable bonds is 3. The second-order valence-corrected chi connectivity index (χ2v) is 7.63. The number of fused-ring (bicyclic) bond motifs is 1. The summed E-state index contributed by atoms with van der Waals surface area (Å²) in [6.45, 7) is 10.3. The molecule has 0 saturated heterocycles. The SMILES string of the molecule is Cc1cccc(C2c3cccn3CCN2C(=O)CNC(C)(C)C)c1. The Morgan fingerprint density at radius 2 is 2.00 bits per heavy atom. The highest BCUT2D eigenvalue weighted by atomic mass is 16.2. The number of hydrogen-bond acceptors (Lipinski definition) is 2. The predicted molar refractivity (Wildman–Crippen MR) is 96.9 cm³/mol. The van der Waals surface area contributed by atoms with Crippen LogP contribution >= 0.6 is 0 Å². The molecule has 1 aliphatic rings. The average Bonchev–Trinajstić information content (AvgIpc) is 2.99. The van der Waals surface area contributed by atoms with E-state index in [9.17, 15) is 4.79 Å². The van der Waals surface area contributed by atoms with Gasteiger partial charge < -0.3 is 14.8 Å². The zero-order valence-corrected chi connectivity index (χ0v) is 15.0. The first kappa shape index (κ1) is 16.8. The van der Waals surface area contributed by atoms with Gasteiger partial charge in [-0.2, -0.15) is 0 Å². The van der Waals surface area contributed by atoms with E-state index in [1.54, 1.807) is 0 Å². The largest absolute Gasteiger partial charge is 0.348 e. The Labute approximate surface area is 144 Å². The highest BCUT2D eigenvalue weighted by Gasteiger charge is 2.32. The topological polar surface area (TPSA) is 37.3 Å². The van der Waals surface area contributed by atoms with Crippen molar-refractivity contribution in [1.82, 2.24) is 14.8 Å². The Balaban J connectivity index is 1.92. The molecule has 1 atom stereocenters. The number of carbonyl (C=O) groups excluding carboxylic acids is 1. The average molecular weight is 325 g/mol. The maximum absolute atomic E-state index is 12.9. The van der Waals surface area contributed by atoms with Gasteiger partial charge in [-0.3, -0.25) is 4.79 Å². The van der Waals surface area contributed by atoms with Gasteiger partial charge in [0.05, 0.1) is 12.6 Å². The number of nitrogens with zero attached hydrogens (tertiary/aromatic N) is 2. The Bertz CT molecular complexity index is 726. The molecule has 0 fully saturated rings. The molecular formula is C20H27N3O. The van der Waals surface area contributed by atoms with E-state index in [-0.39, 0.29) is 17.5 Å². The summed E-state index contributed by atoms with van der Waals surface area (Å²) in [6.07, 6.45) is 2.10. The van der Waals surface area contributed by atoms with Gasteiger partial charge in [-0.1, -0.05) is 29.8 Å². The minimum Gasteiger partial charge on any atom is -0.348 e. The van der Waals surface area contributed by atoms with Crippen molar-refractivity contribution >= 4 is 5.91 Å². The van der Waals surface area contributed by atoms with Gasteiger partial charge in [0, 0.05) is 30.5 Å². The molecular weight excluding hydrogens is 298 g/mol. The molecule has 1 amide bonds. The number of amides is 1. The molecule has 2 aromatic rings. The number of nitrogens with one attached hydrogen (secondary N) is 1. The van der Waals surface area contributed by atoms with E-state index >= 15 is 0 Å². The summed E-state index contributed by atoms with van der Waals surface area (Å²) in [6, 6.07) is 12.7. The molecule has 4 heteroatoms. The highest BCUT2D eigenvalue weighted by Crippen LogP contribution is 2.32. The van der Waals surface area contributed by atoms with Crippen LogP contribution in [0.1, 0.15) is 43.6 Å². The zero-order chi connectivity index (χ0) is 17.3. The summed E-state index contributed by atoms with van der Waals surface area (Å²) >= 11 is 0. The first-order valence-electron chi connectivity index (χ1n) is 8.61. The molecule has 0 bridgehead atoms. The van der Waals surface area contributed by atoms with E-state index in [1.165, 1.54) is 16.8 Å². The van der Waals surface area contributed by atoms with Gasteiger partial charge in [0.1, 0.15) is 0 Å². The van der Waals surface area contributed by atoms with Crippen molar-refractivity contribution in [2.75, 3.05) is 13.1 Å². The van der Waals surface area contributed by atoms with Crippen molar-refractivity contribution in [3.05, 3.63) is 59.4 Å². The molecule has 1 unspecified atom stereocenters. The van der Waals surface area contributed by atoms with Crippen LogP contribution in [-0.2, 0) is 11.3 Å². The van der Waals surface area contributed by atoms with Crippen LogP contribution in [0, 0.1) is 6.92 Å². The van der Waals surface area contributed by atoms with E-state index in [0.717, 1.165) is 13.1 Å². The van der Waals surface area contributed by atoms with Crippen LogP contribution < -0.4 is 5.32 Å². The smallest absolute Gasteiger partial charge is 0.237 e. The van der Waals surface area contributed by atoms with Crippen LogP contribution in [0.3, 0.4) is 0 Å². The third kappa shape index (κ3) is 3.54. The summed E-state index contributed by atoms with van der Waals surface area (Å²) < 4.78 is 2.26. The van der Waals surface area contributed by atoms with Crippen LogP contribution in [0.2, 0.25) is 0 Å². The van der Waals surface area contributed by atoms with Crippen molar-refractivity contribution in [3.8, 4) is 0 Å². The normalized spacial score (nSPS) is 17.7. The summed E-state index contributed by atoms with van der Waals surface area (Å²) in [5.41, 5.74) is 3.52.